The molecule has 1 fully saturated rings. The second-order valence-corrected chi connectivity index (χ2v) is 5.25. The lowest BCUT2D eigenvalue weighted by atomic mass is 10.2. The van der Waals surface area contributed by atoms with Crippen LogP contribution in [0, 0.1) is 0 Å². The van der Waals surface area contributed by atoms with E-state index in [1.807, 2.05) is 19.0 Å². The van der Waals surface area contributed by atoms with Crippen molar-refractivity contribution in [3.05, 3.63) is 0 Å². The first kappa shape index (κ1) is 8.01. The second kappa shape index (κ2) is 2.51. The van der Waals surface area contributed by atoms with Gasteiger partial charge >= 0.3 is 0 Å². The molecule has 0 aromatic rings. The van der Waals surface area contributed by atoms with Crippen molar-refractivity contribution < 1.29 is 8.42 Å². The summed E-state index contributed by atoms with van der Waals surface area (Å²) in [7, 11) is 1.16. The zero-order chi connectivity index (χ0) is 7.78. The van der Waals surface area contributed by atoms with E-state index in [1.165, 1.54) is 0 Å². The molecule has 0 radical (unpaired) electrons. The smallest absolute Gasteiger partial charge is 0.151 e. The van der Waals surface area contributed by atoms with Gasteiger partial charge in [-0.2, -0.15) is 0 Å². The Morgan fingerprint density at radius 1 is 1.40 bits per heavy atom. The van der Waals surface area contributed by atoms with E-state index in [-0.39, 0.29) is 6.04 Å². The Morgan fingerprint density at radius 2 is 2.00 bits per heavy atom. The van der Waals surface area contributed by atoms with E-state index in [9.17, 15) is 8.42 Å². The molecule has 1 atom stereocenters. The third-order valence-corrected chi connectivity index (χ3v) is 3.69. The summed E-state index contributed by atoms with van der Waals surface area (Å²) in [6.45, 7) is 0. The lowest BCUT2D eigenvalue weighted by molar-refractivity contribution is 0.319. The average Bonchev–Trinajstić information content (AvgIpc) is 2.10. The Hall–Kier alpha value is -0.0900. The fourth-order valence-corrected chi connectivity index (χ4v) is 3.03. The Morgan fingerprint density at radius 3 is 2.20 bits per heavy atom. The largest absolute Gasteiger partial charge is 0.305 e. The lowest BCUT2D eigenvalue weighted by Gasteiger charge is -2.15. The quantitative estimate of drug-likeness (QED) is 0.534. The van der Waals surface area contributed by atoms with E-state index in [0.29, 0.717) is 11.5 Å². The van der Waals surface area contributed by atoms with E-state index >= 15 is 0 Å². The highest BCUT2D eigenvalue weighted by Gasteiger charge is 2.28. The number of rotatable bonds is 1. The Labute approximate surface area is 61.9 Å². The topological polar surface area (TPSA) is 37.4 Å². The van der Waals surface area contributed by atoms with Gasteiger partial charge in [0.2, 0.25) is 0 Å². The molecule has 0 aromatic heterocycles. The molecule has 3 nitrogen and oxygen atoms in total. The molecule has 0 spiro atoms. The van der Waals surface area contributed by atoms with Crippen LogP contribution in [-0.4, -0.2) is 45.0 Å². The zero-order valence-corrected chi connectivity index (χ0v) is 7.19. The van der Waals surface area contributed by atoms with Gasteiger partial charge in [-0.3, -0.25) is 0 Å². The van der Waals surface area contributed by atoms with Crippen LogP contribution >= 0.6 is 0 Å². The summed E-state index contributed by atoms with van der Waals surface area (Å²) in [4.78, 5) is 1.98. The zero-order valence-electron chi connectivity index (χ0n) is 6.37. The first-order valence-corrected chi connectivity index (χ1v) is 5.20. The predicted octanol–water partition coefficient (Wildman–Crippen LogP) is -0.265. The molecular formula is C6H13NO2S. The number of hydrogen-bond acceptors (Lipinski definition) is 3. The molecule has 60 valence electrons. The average molecular weight is 163 g/mol. The van der Waals surface area contributed by atoms with Crippen molar-refractivity contribution in [2.24, 2.45) is 0 Å². The van der Waals surface area contributed by atoms with E-state index < -0.39 is 9.84 Å². The lowest BCUT2D eigenvalue weighted by Crippen LogP contribution is -2.28. The molecule has 1 heterocycles. The number of nitrogens with zero attached hydrogens (tertiary/aromatic N) is 1. The van der Waals surface area contributed by atoms with E-state index in [2.05, 4.69) is 0 Å². The van der Waals surface area contributed by atoms with Gasteiger partial charge in [-0.1, -0.05) is 0 Å². The van der Waals surface area contributed by atoms with Crippen molar-refractivity contribution in [1.29, 1.82) is 0 Å². The van der Waals surface area contributed by atoms with Gasteiger partial charge in [0.05, 0.1) is 11.5 Å². The van der Waals surface area contributed by atoms with Gasteiger partial charge in [0.15, 0.2) is 9.84 Å². The minimum atomic E-state index is -2.68. The monoisotopic (exact) mass is 163 g/mol. The van der Waals surface area contributed by atoms with Crippen molar-refractivity contribution in [3.63, 3.8) is 0 Å². The van der Waals surface area contributed by atoms with Gasteiger partial charge in [-0.05, 0) is 20.5 Å². The molecule has 0 unspecified atom stereocenters. The van der Waals surface area contributed by atoms with Gasteiger partial charge in [-0.15, -0.1) is 0 Å². The molecule has 1 aliphatic rings. The maximum Gasteiger partial charge on any atom is 0.151 e. The van der Waals surface area contributed by atoms with Crippen LogP contribution in [0.3, 0.4) is 0 Å². The predicted molar refractivity (Wildman–Crippen MR) is 40.7 cm³/mol. The van der Waals surface area contributed by atoms with Gasteiger partial charge < -0.3 is 4.90 Å². The first-order valence-electron chi connectivity index (χ1n) is 3.38. The van der Waals surface area contributed by atoms with Crippen LogP contribution in [0.25, 0.3) is 0 Å². The number of hydrogen-bond donors (Lipinski definition) is 0. The molecule has 0 aliphatic carbocycles. The molecule has 10 heavy (non-hydrogen) atoms. The fourth-order valence-electron chi connectivity index (χ4n) is 1.18. The molecule has 1 rings (SSSR count). The van der Waals surface area contributed by atoms with Crippen molar-refractivity contribution >= 4 is 9.84 Å². The molecular weight excluding hydrogens is 150 g/mol. The number of sulfone groups is 1. The normalized spacial score (nSPS) is 31.3. The molecule has 1 aliphatic heterocycles. The van der Waals surface area contributed by atoms with Crippen LogP contribution in [0.5, 0.6) is 0 Å². The molecule has 4 heteroatoms. The van der Waals surface area contributed by atoms with Gasteiger partial charge in [0.1, 0.15) is 0 Å². The van der Waals surface area contributed by atoms with Gasteiger partial charge in [-0.25, -0.2) is 8.42 Å². The molecule has 0 bridgehead atoms. The molecule has 0 saturated carbocycles. The third kappa shape index (κ3) is 1.70. The van der Waals surface area contributed by atoms with E-state index in [4.69, 9.17) is 0 Å². The Kier molecular flexibility index (Phi) is 2.01. The summed E-state index contributed by atoms with van der Waals surface area (Å²) in [5.74, 6) is 0.718. The molecule has 1 saturated heterocycles. The van der Waals surface area contributed by atoms with Crippen LogP contribution in [0.1, 0.15) is 6.42 Å². The van der Waals surface area contributed by atoms with Crippen molar-refractivity contribution in [1.82, 2.24) is 4.90 Å². The SMILES string of the molecule is CN(C)[C@@H]1CCS(=O)(=O)C1. The first-order chi connectivity index (χ1) is 4.51. The highest BCUT2D eigenvalue weighted by molar-refractivity contribution is 7.91. The maximum absolute atomic E-state index is 10.9. The highest BCUT2D eigenvalue weighted by atomic mass is 32.2. The van der Waals surface area contributed by atoms with E-state index in [1.54, 1.807) is 0 Å². The summed E-state index contributed by atoms with van der Waals surface area (Å²) in [5, 5.41) is 0. The standard InChI is InChI=1S/C6H13NO2S/c1-7(2)6-3-4-10(8,9)5-6/h6H,3-5H2,1-2H3/t6-/m1/s1. The van der Waals surface area contributed by atoms with Gasteiger partial charge in [0, 0.05) is 6.04 Å². The third-order valence-electron chi connectivity index (χ3n) is 1.94. The summed E-state index contributed by atoms with van der Waals surface area (Å²) >= 11 is 0. The summed E-state index contributed by atoms with van der Waals surface area (Å²) in [5.41, 5.74) is 0. The Bertz CT molecular complexity index is 208. The van der Waals surface area contributed by atoms with Crippen molar-refractivity contribution in [2.45, 2.75) is 12.5 Å². The van der Waals surface area contributed by atoms with Crippen LogP contribution in [0.4, 0.5) is 0 Å². The summed E-state index contributed by atoms with van der Waals surface area (Å²) in [6, 6.07) is 0.255. The summed E-state index contributed by atoms with van der Waals surface area (Å²) in [6.07, 6.45) is 0.801. The highest BCUT2D eigenvalue weighted by Crippen LogP contribution is 2.14. The van der Waals surface area contributed by atoms with Crippen LogP contribution in [0.15, 0.2) is 0 Å². The van der Waals surface area contributed by atoms with Crippen molar-refractivity contribution in [2.75, 3.05) is 25.6 Å². The van der Waals surface area contributed by atoms with E-state index in [0.717, 1.165) is 6.42 Å². The summed E-state index contributed by atoms with van der Waals surface area (Å²) < 4.78 is 21.8. The van der Waals surface area contributed by atoms with Gasteiger partial charge in [0.25, 0.3) is 0 Å². The molecule has 0 aromatic carbocycles. The van der Waals surface area contributed by atoms with Crippen LogP contribution < -0.4 is 0 Å². The maximum atomic E-state index is 10.9. The fraction of sp³-hybridized carbons (Fsp3) is 1.00. The minimum Gasteiger partial charge on any atom is -0.305 e. The second-order valence-electron chi connectivity index (χ2n) is 3.02. The van der Waals surface area contributed by atoms with Crippen LogP contribution in [0.2, 0.25) is 0 Å². The van der Waals surface area contributed by atoms with Crippen molar-refractivity contribution in [3.8, 4) is 0 Å². The van der Waals surface area contributed by atoms with Crippen LogP contribution in [-0.2, 0) is 9.84 Å². The molecule has 0 amide bonds. The minimum absolute atomic E-state index is 0.255. The molecule has 0 N–H and O–H groups in total. The Balaban J connectivity index is 2.60.